The van der Waals surface area contributed by atoms with E-state index in [9.17, 15) is 9.18 Å². The number of carbonyl (C=O) groups excluding carboxylic acids is 1. The van der Waals surface area contributed by atoms with Crippen molar-refractivity contribution < 1.29 is 13.6 Å². The summed E-state index contributed by atoms with van der Waals surface area (Å²) in [7, 11) is 1.71. The zero-order chi connectivity index (χ0) is 20.6. The summed E-state index contributed by atoms with van der Waals surface area (Å²) >= 11 is 0. The van der Waals surface area contributed by atoms with Gasteiger partial charge < -0.3 is 25.3 Å². The first-order valence-electron chi connectivity index (χ1n) is 9.73. The number of amides is 1. The molecule has 0 spiro atoms. The summed E-state index contributed by atoms with van der Waals surface area (Å²) in [4.78, 5) is 22.3. The minimum atomic E-state index is -0.303. The number of hydrogen-bond acceptors (Lipinski definition) is 5. The molecule has 2 aromatic heterocycles. The maximum atomic E-state index is 13.9. The van der Waals surface area contributed by atoms with Gasteiger partial charge in [-0.05, 0) is 38.0 Å². The molecule has 3 N–H and O–H groups in total. The molecule has 0 radical (unpaired) electrons. The number of hydrogen-bond donors (Lipinski definition) is 3. The lowest BCUT2D eigenvalue weighted by Gasteiger charge is -2.20. The summed E-state index contributed by atoms with van der Waals surface area (Å²) in [5, 5.41) is 9.44. The molecule has 2 aromatic rings. The number of aromatic nitrogens is 1. The number of pyridine rings is 1. The predicted octanol–water partition coefficient (Wildman–Crippen LogP) is 2.30. The van der Waals surface area contributed by atoms with Crippen LogP contribution in [0.3, 0.4) is 0 Å². The summed E-state index contributed by atoms with van der Waals surface area (Å²) in [5.41, 5.74) is 0.821. The fraction of sp³-hybridized carbons (Fsp3) is 0.450. The fourth-order valence-corrected chi connectivity index (χ4v) is 3.25. The number of guanidine groups is 1. The van der Waals surface area contributed by atoms with E-state index in [-0.39, 0.29) is 41.7 Å². The highest BCUT2D eigenvalue weighted by atomic mass is 127. The van der Waals surface area contributed by atoms with Crippen molar-refractivity contribution in [3.63, 3.8) is 0 Å². The van der Waals surface area contributed by atoms with Crippen LogP contribution in [0.4, 0.5) is 10.2 Å². The van der Waals surface area contributed by atoms with Gasteiger partial charge in [0.05, 0.1) is 6.26 Å². The Hall–Kier alpha value is -2.37. The average molecular weight is 530 g/mol. The van der Waals surface area contributed by atoms with Gasteiger partial charge in [0.2, 0.25) is 0 Å². The molecule has 8 nitrogen and oxygen atoms in total. The van der Waals surface area contributed by atoms with E-state index in [1.54, 1.807) is 25.4 Å². The number of anilines is 1. The van der Waals surface area contributed by atoms with Gasteiger partial charge in [0.25, 0.3) is 5.91 Å². The summed E-state index contributed by atoms with van der Waals surface area (Å²) in [6, 6.07) is 4.94. The van der Waals surface area contributed by atoms with Crippen molar-refractivity contribution in [3.8, 4) is 0 Å². The Morgan fingerprint density at radius 3 is 2.87 bits per heavy atom. The number of aryl methyl sites for hydroxylation is 1. The number of halogens is 2. The highest BCUT2D eigenvalue weighted by Gasteiger charge is 2.25. The van der Waals surface area contributed by atoms with Crippen molar-refractivity contribution in [1.29, 1.82) is 0 Å². The van der Waals surface area contributed by atoms with E-state index < -0.39 is 0 Å². The van der Waals surface area contributed by atoms with E-state index in [1.165, 1.54) is 12.3 Å². The lowest BCUT2D eigenvalue weighted by molar-refractivity contribution is 0.0925. The molecule has 1 aliphatic heterocycles. The second-order valence-electron chi connectivity index (χ2n) is 6.93. The van der Waals surface area contributed by atoms with Gasteiger partial charge in [0.15, 0.2) is 23.4 Å². The van der Waals surface area contributed by atoms with E-state index >= 15 is 0 Å². The first kappa shape index (κ1) is 23.9. The molecule has 1 atom stereocenters. The monoisotopic (exact) mass is 530 g/mol. The number of furan rings is 1. The summed E-state index contributed by atoms with van der Waals surface area (Å²) in [6.07, 6.45) is 4.72. The highest BCUT2D eigenvalue weighted by Crippen LogP contribution is 2.20. The lowest BCUT2D eigenvalue weighted by atomic mass is 10.2. The maximum absolute atomic E-state index is 13.9. The molecule has 1 aliphatic rings. The molecular weight excluding hydrogens is 502 g/mol. The van der Waals surface area contributed by atoms with E-state index in [0.29, 0.717) is 37.2 Å². The SMILES string of the molecule is CN=C(NCCCNC(=O)c1occc1C)NC1CCN(c2ncccc2F)C1.I. The number of aliphatic imine (C=N–C) groups is 1. The van der Waals surface area contributed by atoms with Gasteiger partial charge in [0, 0.05) is 51.0 Å². The quantitative estimate of drug-likeness (QED) is 0.220. The molecule has 0 saturated carbocycles. The minimum absolute atomic E-state index is 0. The molecule has 0 aliphatic carbocycles. The molecule has 30 heavy (non-hydrogen) atoms. The van der Waals surface area contributed by atoms with Crippen molar-refractivity contribution >= 4 is 41.7 Å². The second-order valence-corrected chi connectivity index (χ2v) is 6.93. The van der Waals surface area contributed by atoms with E-state index in [4.69, 9.17) is 4.42 Å². The van der Waals surface area contributed by atoms with Gasteiger partial charge in [-0.3, -0.25) is 9.79 Å². The molecule has 3 rings (SSSR count). The molecule has 1 fully saturated rings. The third-order valence-corrected chi connectivity index (χ3v) is 4.79. The van der Waals surface area contributed by atoms with Gasteiger partial charge in [0.1, 0.15) is 0 Å². The number of carbonyl (C=O) groups is 1. The Morgan fingerprint density at radius 2 is 2.17 bits per heavy atom. The molecule has 1 saturated heterocycles. The molecule has 0 aromatic carbocycles. The molecule has 0 bridgehead atoms. The Morgan fingerprint density at radius 1 is 1.37 bits per heavy atom. The van der Waals surface area contributed by atoms with Crippen LogP contribution in [0.1, 0.15) is 29.0 Å². The number of rotatable bonds is 7. The molecular formula is C20H28FIN6O2. The minimum Gasteiger partial charge on any atom is -0.459 e. The summed E-state index contributed by atoms with van der Waals surface area (Å²) in [5.74, 6) is 0.921. The van der Waals surface area contributed by atoms with Crippen LogP contribution < -0.4 is 20.9 Å². The average Bonchev–Trinajstić information content (AvgIpc) is 3.36. The third kappa shape index (κ3) is 6.31. The van der Waals surface area contributed by atoms with Crippen LogP contribution in [0, 0.1) is 12.7 Å². The summed E-state index contributed by atoms with van der Waals surface area (Å²) in [6.45, 7) is 4.41. The number of nitrogens with one attached hydrogen (secondary N) is 3. The highest BCUT2D eigenvalue weighted by molar-refractivity contribution is 14.0. The van der Waals surface area contributed by atoms with Gasteiger partial charge in [-0.25, -0.2) is 9.37 Å². The molecule has 1 amide bonds. The van der Waals surface area contributed by atoms with Gasteiger partial charge in [-0.2, -0.15) is 0 Å². The first-order chi connectivity index (χ1) is 14.1. The van der Waals surface area contributed by atoms with Gasteiger partial charge in [-0.1, -0.05) is 0 Å². The lowest BCUT2D eigenvalue weighted by Crippen LogP contribution is -2.45. The predicted molar refractivity (Wildman–Crippen MR) is 125 cm³/mol. The van der Waals surface area contributed by atoms with Crippen LogP contribution in [0.5, 0.6) is 0 Å². The molecule has 3 heterocycles. The topological polar surface area (TPSA) is 94.8 Å². The van der Waals surface area contributed by atoms with Gasteiger partial charge in [-0.15, -0.1) is 24.0 Å². The van der Waals surface area contributed by atoms with Crippen LogP contribution in [0.2, 0.25) is 0 Å². The Labute approximate surface area is 192 Å². The van der Waals surface area contributed by atoms with Gasteiger partial charge >= 0.3 is 0 Å². The number of nitrogens with zero attached hydrogens (tertiary/aromatic N) is 3. The van der Waals surface area contributed by atoms with Crippen LogP contribution >= 0.6 is 24.0 Å². The normalized spacial score (nSPS) is 16.2. The standard InChI is InChI=1S/C20H27FN6O2.HI/c1-14-7-12-29-17(14)19(28)24-9-4-10-25-20(22-2)26-15-6-11-27(13-15)18-16(21)5-3-8-23-18;/h3,5,7-8,12,15H,4,6,9-11,13H2,1-2H3,(H,24,28)(H2,22,25,26);1H. The smallest absolute Gasteiger partial charge is 0.287 e. The maximum Gasteiger partial charge on any atom is 0.287 e. The summed E-state index contributed by atoms with van der Waals surface area (Å²) < 4.78 is 19.1. The Kier molecular flexibility index (Phi) is 9.34. The van der Waals surface area contributed by atoms with Crippen molar-refractivity contribution in [2.75, 3.05) is 38.1 Å². The van der Waals surface area contributed by atoms with Crippen molar-refractivity contribution in [2.45, 2.75) is 25.8 Å². The van der Waals surface area contributed by atoms with E-state index in [2.05, 4.69) is 25.9 Å². The van der Waals surface area contributed by atoms with Crippen molar-refractivity contribution in [3.05, 3.63) is 47.8 Å². The molecule has 164 valence electrons. The first-order valence-corrected chi connectivity index (χ1v) is 9.73. The van der Waals surface area contributed by atoms with E-state index in [1.807, 2.05) is 11.8 Å². The fourth-order valence-electron chi connectivity index (χ4n) is 3.25. The Bertz CT molecular complexity index is 859. The van der Waals surface area contributed by atoms with Crippen LogP contribution in [-0.2, 0) is 0 Å². The molecule has 10 heteroatoms. The molecule has 1 unspecified atom stereocenters. The van der Waals surface area contributed by atoms with Crippen LogP contribution in [0.15, 0.2) is 40.1 Å². The van der Waals surface area contributed by atoms with Crippen molar-refractivity contribution in [1.82, 2.24) is 20.9 Å². The second kappa shape index (κ2) is 11.7. The zero-order valence-electron chi connectivity index (χ0n) is 17.2. The van der Waals surface area contributed by atoms with E-state index in [0.717, 1.165) is 24.9 Å². The van der Waals surface area contributed by atoms with Crippen LogP contribution in [0.25, 0.3) is 0 Å². The third-order valence-electron chi connectivity index (χ3n) is 4.79. The Balaban J connectivity index is 0.00000320. The largest absolute Gasteiger partial charge is 0.459 e. The zero-order valence-corrected chi connectivity index (χ0v) is 19.5. The van der Waals surface area contributed by atoms with Crippen molar-refractivity contribution in [2.24, 2.45) is 4.99 Å². The van der Waals surface area contributed by atoms with Crippen LogP contribution in [-0.4, -0.2) is 56.1 Å².